The second kappa shape index (κ2) is 5.79. The zero-order chi connectivity index (χ0) is 18.0. The molecule has 0 aromatic rings. The van der Waals surface area contributed by atoms with Gasteiger partial charge in [0.15, 0.2) is 0 Å². The van der Waals surface area contributed by atoms with Crippen LogP contribution in [-0.2, 0) is 4.79 Å². The molecule has 0 radical (unpaired) electrons. The molecule has 4 saturated carbocycles. The maximum absolute atomic E-state index is 14.8. The van der Waals surface area contributed by atoms with Gasteiger partial charge in [0, 0.05) is 5.57 Å². The molecular weight excluding hydrogens is 322 g/mol. The molecular formula is C21H30F2O2. The van der Waals surface area contributed by atoms with E-state index in [0.717, 1.165) is 25.2 Å². The van der Waals surface area contributed by atoms with E-state index in [0.29, 0.717) is 23.7 Å². The Labute approximate surface area is 149 Å². The van der Waals surface area contributed by atoms with Gasteiger partial charge in [0.1, 0.15) is 6.17 Å². The van der Waals surface area contributed by atoms with Crippen LogP contribution in [-0.4, -0.2) is 17.2 Å². The highest BCUT2D eigenvalue weighted by molar-refractivity contribution is 5.85. The van der Waals surface area contributed by atoms with Gasteiger partial charge in [-0.25, -0.2) is 9.18 Å². The second-order valence-electron chi connectivity index (χ2n) is 9.59. The van der Waals surface area contributed by atoms with Crippen LogP contribution >= 0.6 is 0 Å². The quantitative estimate of drug-likeness (QED) is 0.617. The molecule has 4 aliphatic carbocycles. The van der Waals surface area contributed by atoms with Gasteiger partial charge in [-0.15, -0.1) is 0 Å². The topological polar surface area (TPSA) is 37.3 Å². The number of fused-ring (bicyclic) bond motifs is 5. The van der Waals surface area contributed by atoms with Crippen molar-refractivity contribution in [3.8, 4) is 0 Å². The molecule has 0 saturated heterocycles. The molecule has 0 amide bonds. The lowest BCUT2D eigenvalue weighted by Gasteiger charge is -2.60. The lowest BCUT2D eigenvalue weighted by molar-refractivity contribution is -0.134. The number of hydrogen-bond donors (Lipinski definition) is 1. The first-order valence-corrected chi connectivity index (χ1v) is 10.1. The molecule has 1 N–H and O–H groups in total. The largest absolute Gasteiger partial charge is 0.476 e. The van der Waals surface area contributed by atoms with E-state index in [1.165, 1.54) is 32.1 Å². The van der Waals surface area contributed by atoms with Crippen molar-refractivity contribution in [1.29, 1.82) is 0 Å². The predicted octanol–water partition coefficient (Wildman–Crippen LogP) is 5.68. The van der Waals surface area contributed by atoms with E-state index in [1.54, 1.807) is 0 Å². The summed E-state index contributed by atoms with van der Waals surface area (Å²) in [5.41, 5.74) is -0.299. The fourth-order valence-electron chi connectivity index (χ4n) is 7.59. The summed E-state index contributed by atoms with van der Waals surface area (Å²) < 4.78 is 29.1. The number of hydrogen-bond acceptors (Lipinski definition) is 1. The molecule has 25 heavy (non-hydrogen) atoms. The van der Waals surface area contributed by atoms with Gasteiger partial charge in [0.05, 0.1) is 0 Å². The Morgan fingerprint density at radius 2 is 1.84 bits per heavy atom. The van der Waals surface area contributed by atoms with Crippen LogP contribution in [0.15, 0.2) is 11.4 Å². The first kappa shape index (κ1) is 17.5. The van der Waals surface area contributed by atoms with Crippen LogP contribution in [0, 0.1) is 34.5 Å². The minimum absolute atomic E-state index is 0.0422. The van der Waals surface area contributed by atoms with Gasteiger partial charge in [0.25, 0.3) is 0 Å². The average molecular weight is 352 g/mol. The molecule has 4 heteroatoms. The van der Waals surface area contributed by atoms with E-state index in [-0.39, 0.29) is 11.5 Å². The number of carbonyl (C=O) groups is 1. The van der Waals surface area contributed by atoms with Crippen LogP contribution in [0.4, 0.5) is 8.78 Å². The monoisotopic (exact) mass is 352 g/mol. The lowest BCUT2D eigenvalue weighted by Crippen LogP contribution is -2.52. The minimum atomic E-state index is -1.61. The van der Waals surface area contributed by atoms with Crippen LogP contribution in [0.3, 0.4) is 0 Å². The van der Waals surface area contributed by atoms with Crippen LogP contribution < -0.4 is 0 Å². The highest BCUT2D eigenvalue weighted by Gasteiger charge is 2.61. The maximum Gasteiger partial charge on any atom is 0.364 e. The van der Waals surface area contributed by atoms with Crippen LogP contribution in [0.25, 0.3) is 0 Å². The standard InChI is InChI=1S/C21H30F2O2/c1-20-9-4-3-5-12(20)6-7-13-14(20)8-10-21(2)15(13)11-16(22)17(21)18(23)19(24)25/h12-16H,3-11H2,1-2H3,(H,24,25)/t12?,13-,14+,15+,16?,20+,21+/m1/s1. The maximum atomic E-state index is 14.8. The molecule has 0 bridgehead atoms. The van der Waals surface area contributed by atoms with E-state index >= 15 is 0 Å². The Hall–Kier alpha value is -0.930. The molecule has 0 aliphatic heterocycles. The number of alkyl halides is 1. The van der Waals surface area contributed by atoms with Gasteiger partial charge in [-0.3, -0.25) is 0 Å². The summed E-state index contributed by atoms with van der Waals surface area (Å²) in [6.45, 7) is 4.38. The Bertz CT molecular complexity index is 615. The Balaban J connectivity index is 1.70. The molecule has 4 rings (SSSR count). The van der Waals surface area contributed by atoms with Crippen molar-refractivity contribution in [2.45, 2.75) is 77.8 Å². The molecule has 0 spiro atoms. The molecule has 4 fully saturated rings. The molecule has 0 heterocycles. The van der Waals surface area contributed by atoms with Crippen molar-refractivity contribution in [1.82, 2.24) is 0 Å². The number of carboxylic acid groups (broad SMARTS) is 1. The third-order valence-electron chi connectivity index (χ3n) is 8.79. The van der Waals surface area contributed by atoms with Crippen LogP contribution in [0.5, 0.6) is 0 Å². The number of rotatable bonds is 1. The van der Waals surface area contributed by atoms with Gasteiger partial charge in [-0.2, -0.15) is 4.39 Å². The first-order chi connectivity index (χ1) is 11.8. The zero-order valence-electron chi connectivity index (χ0n) is 15.4. The van der Waals surface area contributed by atoms with E-state index in [2.05, 4.69) is 6.92 Å². The number of allylic oxidation sites excluding steroid dienone is 1. The summed E-state index contributed by atoms with van der Waals surface area (Å²) in [7, 11) is 0. The van der Waals surface area contributed by atoms with Crippen molar-refractivity contribution >= 4 is 5.97 Å². The van der Waals surface area contributed by atoms with Crippen LogP contribution in [0.1, 0.15) is 71.6 Å². The SMILES string of the molecule is C[C@]12CCCCC1CC[C@@H]1[C@@H]2CC[C@]2(C)C(=C(F)C(=O)O)C(F)C[C@@H]12. The molecule has 2 nitrogen and oxygen atoms in total. The molecule has 2 unspecified atom stereocenters. The highest BCUT2D eigenvalue weighted by atomic mass is 19.1. The van der Waals surface area contributed by atoms with Gasteiger partial charge in [-0.1, -0.05) is 26.7 Å². The summed E-state index contributed by atoms with van der Waals surface area (Å²) in [4.78, 5) is 11.2. The molecule has 140 valence electrons. The number of aliphatic carboxylic acids is 1. The molecule has 7 atom stereocenters. The summed E-state index contributed by atoms with van der Waals surface area (Å²) in [6.07, 6.45) is 8.16. The van der Waals surface area contributed by atoms with Crippen molar-refractivity contribution in [3.63, 3.8) is 0 Å². The minimum Gasteiger partial charge on any atom is -0.476 e. The third kappa shape index (κ3) is 2.35. The Morgan fingerprint density at radius 3 is 2.56 bits per heavy atom. The van der Waals surface area contributed by atoms with Gasteiger partial charge >= 0.3 is 5.97 Å². The average Bonchev–Trinajstić information content (AvgIpc) is 2.83. The molecule has 0 aromatic carbocycles. The summed E-state index contributed by atoms with van der Waals surface area (Å²) in [5.74, 6) is -0.918. The zero-order valence-corrected chi connectivity index (χ0v) is 15.4. The van der Waals surface area contributed by atoms with E-state index in [1.807, 2.05) is 6.92 Å². The molecule has 4 aliphatic rings. The Kier molecular flexibility index (Phi) is 4.05. The fraction of sp³-hybridized carbons (Fsp3) is 0.857. The molecule has 0 aromatic heterocycles. The Morgan fingerprint density at radius 1 is 1.08 bits per heavy atom. The predicted molar refractivity (Wildman–Crippen MR) is 92.4 cm³/mol. The smallest absolute Gasteiger partial charge is 0.364 e. The van der Waals surface area contributed by atoms with Gasteiger partial charge < -0.3 is 5.11 Å². The van der Waals surface area contributed by atoms with Crippen molar-refractivity contribution in [2.24, 2.45) is 34.5 Å². The first-order valence-electron chi connectivity index (χ1n) is 10.1. The summed E-state index contributed by atoms with van der Waals surface area (Å²) in [6, 6.07) is 0. The fourth-order valence-corrected chi connectivity index (χ4v) is 7.59. The van der Waals surface area contributed by atoms with E-state index < -0.39 is 23.4 Å². The third-order valence-corrected chi connectivity index (χ3v) is 8.79. The van der Waals surface area contributed by atoms with Gasteiger partial charge in [-0.05, 0) is 79.4 Å². The number of halogens is 2. The van der Waals surface area contributed by atoms with Crippen molar-refractivity contribution in [2.75, 3.05) is 0 Å². The van der Waals surface area contributed by atoms with Gasteiger partial charge in [0.2, 0.25) is 5.83 Å². The summed E-state index contributed by atoms with van der Waals surface area (Å²) >= 11 is 0. The summed E-state index contributed by atoms with van der Waals surface area (Å²) in [5, 5.41) is 9.09. The number of carboxylic acids is 1. The van der Waals surface area contributed by atoms with Crippen LogP contribution in [0.2, 0.25) is 0 Å². The van der Waals surface area contributed by atoms with Crippen molar-refractivity contribution in [3.05, 3.63) is 11.4 Å². The van der Waals surface area contributed by atoms with Crippen molar-refractivity contribution < 1.29 is 18.7 Å². The van der Waals surface area contributed by atoms with E-state index in [9.17, 15) is 13.6 Å². The lowest BCUT2D eigenvalue weighted by atomic mass is 9.45. The second-order valence-corrected chi connectivity index (χ2v) is 9.59. The normalized spacial score (nSPS) is 51.3. The highest BCUT2D eigenvalue weighted by Crippen LogP contribution is 2.68. The van der Waals surface area contributed by atoms with E-state index in [4.69, 9.17) is 5.11 Å².